The van der Waals surface area contributed by atoms with E-state index in [0.717, 1.165) is 11.3 Å². The maximum atomic E-state index is 12.6. The summed E-state index contributed by atoms with van der Waals surface area (Å²) in [6, 6.07) is 13.4. The molecule has 2 aromatic carbocycles. The fourth-order valence-corrected chi connectivity index (χ4v) is 3.44. The number of ether oxygens (including phenoxy) is 1. The number of hydrogen-bond donors (Lipinski definition) is 2. The molecule has 4 rings (SSSR count). The summed E-state index contributed by atoms with van der Waals surface area (Å²) in [5, 5.41) is 2.79. The topological polar surface area (TPSA) is 102 Å². The van der Waals surface area contributed by atoms with E-state index < -0.39 is 6.10 Å². The maximum absolute atomic E-state index is 12.6. The molecule has 0 aromatic heterocycles. The fraction of sp³-hybridized carbons (Fsp3) is 0.250. The molecule has 138 valence electrons. The van der Waals surface area contributed by atoms with Crippen LogP contribution in [0.25, 0.3) is 0 Å². The van der Waals surface area contributed by atoms with E-state index in [-0.39, 0.29) is 23.8 Å². The minimum Gasteiger partial charge on any atom is -0.364 e. The van der Waals surface area contributed by atoms with E-state index >= 15 is 0 Å². The summed E-state index contributed by atoms with van der Waals surface area (Å²) in [6.45, 7) is 0.388. The van der Waals surface area contributed by atoms with Crippen molar-refractivity contribution in [2.45, 2.75) is 25.0 Å². The van der Waals surface area contributed by atoms with E-state index in [9.17, 15) is 14.4 Å². The molecule has 7 heteroatoms. The fourth-order valence-electron chi connectivity index (χ4n) is 3.44. The van der Waals surface area contributed by atoms with Crippen molar-refractivity contribution in [3.63, 3.8) is 0 Å². The summed E-state index contributed by atoms with van der Waals surface area (Å²) >= 11 is 0. The van der Waals surface area contributed by atoms with Crippen molar-refractivity contribution in [1.82, 2.24) is 0 Å². The Kier molecular flexibility index (Phi) is 4.47. The van der Waals surface area contributed by atoms with Gasteiger partial charge in [-0.1, -0.05) is 18.2 Å². The predicted molar refractivity (Wildman–Crippen MR) is 99.6 cm³/mol. The number of carbonyl (C=O) groups is 3. The van der Waals surface area contributed by atoms with E-state index in [2.05, 4.69) is 5.32 Å². The number of hydrogen-bond acceptors (Lipinski definition) is 5. The molecule has 0 bridgehead atoms. The Morgan fingerprint density at radius 1 is 1.07 bits per heavy atom. The van der Waals surface area contributed by atoms with Gasteiger partial charge in [0.15, 0.2) is 0 Å². The third kappa shape index (κ3) is 3.11. The highest BCUT2D eigenvalue weighted by molar-refractivity contribution is 6.34. The molecule has 0 spiro atoms. The van der Waals surface area contributed by atoms with Crippen LogP contribution in [0.3, 0.4) is 0 Å². The second-order valence-corrected chi connectivity index (χ2v) is 6.59. The molecule has 7 nitrogen and oxygen atoms in total. The summed E-state index contributed by atoms with van der Waals surface area (Å²) in [5.74, 6) is -1.00. The Morgan fingerprint density at radius 2 is 1.78 bits per heavy atom. The summed E-state index contributed by atoms with van der Waals surface area (Å²) in [4.78, 5) is 38.7. The molecule has 2 heterocycles. The third-order valence-electron chi connectivity index (χ3n) is 4.83. The number of nitrogens with one attached hydrogen (secondary N) is 1. The Labute approximate surface area is 156 Å². The van der Waals surface area contributed by atoms with Crippen LogP contribution in [0, 0.1) is 0 Å². The number of anilines is 2. The highest BCUT2D eigenvalue weighted by atomic mass is 16.5. The maximum Gasteiger partial charge on any atom is 0.266 e. The van der Waals surface area contributed by atoms with Crippen LogP contribution in [0.15, 0.2) is 48.5 Å². The van der Waals surface area contributed by atoms with E-state index in [1.165, 1.54) is 0 Å². The van der Waals surface area contributed by atoms with Crippen LogP contribution < -0.4 is 16.0 Å². The number of nitrogens with two attached hydrogens (primary N) is 1. The van der Waals surface area contributed by atoms with Crippen LogP contribution >= 0.6 is 0 Å². The van der Waals surface area contributed by atoms with Crippen molar-refractivity contribution in [3.05, 3.63) is 59.7 Å². The molecule has 0 unspecified atom stereocenters. The molecule has 2 aromatic rings. The van der Waals surface area contributed by atoms with Crippen molar-refractivity contribution in [3.8, 4) is 0 Å². The monoisotopic (exact) mass is 365 g/mol. The lowest BCUT2D eigenvalue weighted by Gasteiger charge is -2.16. The molecule has 1 fully saturated rings. The molecule has 0 saturated carbocycles. The van der Waals surface area contributed by atoms with Crippen molar-refractivity contribution in [2.75, 3.05) is 16.8 Å². The molecule has 2 aliphatic rings. The molecule has 3 amide bonds. The quantitative estimate of drug-likeness (QED) is 0.806. The number of amides is 3. The predicted octanol–water partition coefficient (Wildman–Crippen LogP) is 1.93. The van der Waals surface area contributed by atoms with Gasteiger partial charge in [-0.25, -0.2) is 4.90 Å². The van der Waals surface area contributed by atoms with E-state index in [1.807, 2.05) is 0 Å². The van der Waals surface area contributed by atoms with Crippen LogP contribution in [-0.4, -0.2) is 36.5 Å². The van der Waals surface area contributed by atoms with Crippen LogP contribution in [0.4, 0.5) is 11.4 Å². The van der Waals surface area contributed by atoms with Gasteiger partial charge in [-0.2, -0.15) is 0 Å². The van der Waals surface area contributed by atoms with Crippen molar-refractivity contribution in [1.29, 1.82) is 0 Å². The van der Waals surface area contributed by atoms with E-state index in [0.29, 0.717) is 35.5 Å². The summed E-state index contributed by atoms with van der Waals surface area (Å²) in [5.41, 5.74) is 7.24. The largest absolute Gasteiger partial charge is 0.364 e. The van der Waals surface area contributed by atoms with Gasteiger partial charge in [-0.15, -0.1) is 0 Å². The third-order valence-corrected chi connectivity index (χ3v) is 4.83. The Hall–Kier alpha value is -3.03. The van der Waals surface area contributed by atoms with Gasteiger partial charge in [0.1, 0.15) is 6.10 Å². The van der Waals surface area contributed by atoms with Crippen molar-refractivity contribution < 1.29 is 19.1 Å². The number of fused-ring (bicyclic) bond motifs is 1. The van der Waals surface area contributed by atoms with E-state index in [4.69, 9.17) is 10.5 Å². The number of imide groups is 1. The number of benzene rings is 2. The lowest BCUT2D eigenvalue weighted by Crippen LogP contribution is -2.31. The lowest BCUT2D eigenvalue weighted by atomic mass is 10.1. The summed E-state index contributed by atoms with van der Waals surface area (Å²) < 4.78 is 5.60. The van der Waals surface area contributed by atoms with Crippen LogP contribution in [0.1, 0.15) is 33.6 Å². The molecule has 1 saturated heterocycles. The molecular formula is C20H19N3O4. The molecule has 2 aliphatic heterocycles. The summed E-state index contributed by atoms with van der Waals surface area (Å²) in [6.07, 6.45) is 0.738. The molecule has 27 heavy (non-hydrogen) atoms. The zero-order chi connectivity index (χ0) is 19.0. The lowest BCUT2D eigenvalue weighted by molar-refractivity contribution is -0.126. The first-order valence-electron chi connectivity index (χ1n) is 8.82. The van der Waals surface area contributed by atoms with E-state index in [1.54, 1.807) is 48.5 Å². The van der Waals surface area contributed by atoms with Crippen LogP contribution in [-0.2, 0) is 9.53 Å². The molecule has 2 atom stereocenters. The average molecular weight is 365 g/mol. The standard InChI is InChI=1S/C20H19N3O4/c21-11-14-8-9-17(27-14)18(24)22-12-4-3-5-13(10-12)23-19(25)15-6-1-2-7-16(15)20(23)26/h1-7,10,14,17H,8-9,11,21H2,(H,22,24)/t14-,17+/m1/s1. The highest BCUT2D eigenvalue weighted by Crippen LogP contribution is 2.30. The smallest absolute Gasteiger partial charge is 0.266 e. The van der Waals surface area contributed by atoms with Gasteiger partial charge < -0.3 is 15.8 Å². The highest BCUT2D eigenvalue weighted by Gasteiger charge is 2.36. The van der Waals surface area contributed by atoms with Gasteiger partial charge in [0.2, 0.25) is 0 Å². The average Bonchev–Trinajstić information content (AvgIpc) is 3.26. The molecular weight excluding hydrogens is 346 g/mol. The normalized spacial score (nSPS) is 21.4. The molecule has 0 radical (unpaired) electrons. The Morgan fingerprint density at radius 3 is 2.41 bits per heavy atom. The zero-order valence-electron chi connectivity index (χ0n) is 14.6. The number of nitrogens with zero attached hydrogens (tertiary/aromatic N) is 1. The van der Waals surface area contributed by atoms with Gasteiger partial charge in [-0.3, -0.25) is 14.4 Å². The molecule has 0 aliphatic carbocycles. The minimum atomic E-state index is -0.540. The minimum absolute atomic E-state index is 0.0922. The van der Waals surface area contributed by atoms with Gasteiger partial charge in [0.05, 0.1) is 22.9 Å². The molecule has 3 N–H and O–H groups in total. The zero-order valence-corrected chi connectivity index (χ0v) is 14.6. The second-order valence-electron chi connectivity index (χ2n) is 6.59. The number of carbonyl (C=O) groups excluding carboxylic acids is 3. The SMILES string of the molecule is NC[C@H]1CC[C@@H](C(=O)Nc2cccc(N3C(=O)c4ccccc4C3=O)c2)O1. The van der Waals surface area contributed by atoms with Gasteiger partial charge in [0.25, 0.3) is 17.7 Å². The summed E-state index contributed by atoms with van der Waals surface area (Å²) in [7, 11) is 0. The van der Waals surface area contributed by atoms with Crippen LogP contribution in [0.2, 0.25) is 0 Å². The van der Waals surface area contributed by atoms with Crippen molar-refractivity contribution >= 4 is 29.1 Å². The van der Waals surface area contributed by atoms with Gasteiger partial charge in [0, 0.05) is 12.2 Å². The van der Waals surface area contributed by atoms with Crippen molar-refractivity contribution in [2.24, 2.45) is 5.73 Å². The first-order valence-corrected chi connectivity index (χ1v) is 8.82. The first kappa shape index (κ1) is 17.4. The number of rotatable bonds is 4. The first-order chi connectivity index (χ1) is 13.1. The van der Waals surface area contributed by atoms with Crippen LogP contribution in [0.5, 0.6) is 0 Å². The Balaban J connectivity index is 1.53. The van der Waals surface area contributed by atoms with Gasteiger partial charge in [-0.05, 0) is 43.2 Å². The second kappa shape index (κ2) is 6.94. The Bertz CT molecular complexity index is 892. The van der Waals surface area contributed by atoms with Gasteiger partial charge >= 0.3 is 0 Å².